The fraction of sp³-hybridized carbons (Fsp3) is 0.230. The average molecular weight is 1930 g/mol. The summed E-state index contributed by atoms with van der Waals surface area (Å²) in [6.07, 6.45) is 0.466. The van der Waals surface area contributed by atoms with Crippen LogP contribution in [0.4, 0.5) is 0 Å². The van der Waals surface area contributed by atoms with E-state index in [0.717, 1.165) is 36.0 Å². The van der Waals surface area contributed by atoms with Crippen LogP contribution in [0.3, 0.4) is 0 Å². The Labute approximate surface area is 837 Å². The Kier molecular flexibility index (Phi) is 46.0. The zero-order valence-electron chi connectivity index (χ0n) is 82.2. The lowest BCUT2D eigenvalue weighted by Gasteiger charge is -2.38. The van der Waals surface area contributed by atoms with Gasteiger partial charge >= 0.3 is 11.9 Å². The number of methoxy groups -OCH3 is 3. The Morgan fingerprint density at radius 3 is 1.05 bits per heavy atom. The number of furan rings is 2. The van der Waals surface area contributed by atoms with Gasteiger partial charge in [-0.2, -0.15) is 0 Å². The highest BCUT2D eigenvalue weighted by Gasteiger charge is 2.43. The largest absolute Gasteiger partial charge is 0.466 e. The van der Waals surface area contributed by atoms with Crippen molar-refractivity contribution in [1.82, 2.24) is 0 Å². The molecule has 13 aromatic carbocycles. The Balaban J connectivity index is 0.000000183. The lowest BCUT2D eigenvalue weighted by molar-refractivity contribution is -0.176. The molecule has 0 aliphatic heterocycles. The summed E-state index contributed by atoms with van der Waals surface area (Å²) >= 11 is 0. The van der Waals surface area contributed by atoms with Crippen LogP contribution in [0.5, 0.6) is 0 Å². The van der Waals surface area contributed by atoms with Gasteiger partial charge in [0.15, 0.2) is 41.1 Å². The van der Waals surface area contributed by atoms with Gasteiger partial charge in [0.05, 0.1) is 25.7 Å². The number of ketones is 6. The van der Waals surface area contributed by atoms with E-state index in [1.54, 1.807) is 172 Å². The van der Waals surface area contributed by atoms with Crippen LogP contribution >= 0.6 is 0 Å². The summed E-state index contributed by atoms with van der Waals surface area (Å²) < 4.78 is 47.9. The lowest BCUT2D eigenvalue weighted by atomic mass is 9.71. The first-order chi connectivity index (χ1) is 69.2. The standard InChI is InChI=1S/C18H20O2.C17H24O3.2C16H16O3.C16H16O2.C15H14O2.C14H12O2.C10H8O4/c1-14(2)13-20-18(16-11-7-4-8-12-16)17(19)15-9-5-3-6-10-15;1-12-9-14(11-17(2,3)10-12)20-16(19)15(18)13-7-5-4-6-8-13;1-18-16(19-2,14-11-7-4-8-12-14)15(17)13-9-5-3-6-10-13;1-2-19-15(17)16(18,13-9-5-3-6-10-13)14-11-7-4-8-12-14;1-2-18-16(14-11-7-4-8-12-14)15(17)13-9-5-3-6-10-13;1-17-15(13-10-6-3-7-11-13)14(16)12-8-4-2-5-9-12;15-13(11-7-3-1-4-8-11)14(16)12-9-5-2-6-10-12;11-9(7-3-1-5-13-7)10(12)8-4-2-6-14-8/h3-12,14,18H,13H2,1-2H3;4-8,12,14-15,18H,9-11H2,1-3H3;3-12H,1-2H3;3-12,18H,2H2,1H3;3-12,16H,2H2,1H3;2-11,15H,1H3;1-10,13,15H;1-6,9,11H. The molecule has 2 aromatic heterocycles. The van der Waals surface area contributed by atoms with Gasteiger partial charge in [-0.15, -0.1) is 0 Å². The predicted molar refractivity (Wildman–Crippen MR) is 552 cm³/mol. The highest BCUT2D eigenvalue weighted by atomic mass is 16.7. The molecule has 2 heterocycles. The highest BCUT2D eigenvalue weighted by Crippen LogP contribution is 2.41. The number of hydrogen-bond acceptors (Lipinski definition) is 21. The first kappa shape index (κ1) is 112. The van der Waals surface area contributed by atoms with Gasteiger partial charge in [-0.25, -0.2) is 9.59 Å². The second kappa shape index (κ2) is 58.9. The Morgan fingerprint density at radius 2 is 0.699 bits per heavy atom. The first-order valence-corrected chi connectivity index (χ1v) is 47.2. The molecule has 1 fully saturated rings. The minimum atomic E-state index is -1.77. The van der Waals surface area contributed by atoms with E-state index < -0.39 is 65.7 Å². The summed E-state index contributed by atoms with van der Waals surface area (Å²) in [6.45, 7) is 15.7. The minimum absolute atomic E-state index is 0.00338. The molecular formula is C122H126O21. The molecule has 0 saturated heterocycles. The van der Waals surface area contributed by atoms with Crippen LogP contribution in [0, 0.1) is 17.3 Å². The van der Waals surface area contributed by atoms with Crippen molar-refractivity contribution in [2.45, 2.75) is 122 Å². The van der Waals surface area contributed by atoms with Crippen LogP contribution in [0.25, 0.3) is 0 Å². The van der Waals surface area contributed by atoms with Crippen LogP contribution in [0.2, 0.25) is 0 Å². The van der Waals surface area contributed by atoms with Gasteiger partial charge < -0.3 is 62.4 Å². The van der Waals surface area contributed by atoms with E-state index in [4.69, 9.17) is 42.0 Å². The maximum Gasteiger partial charge on any atom is 0.347 e. The summed E-state index contributed by atoms with van der Waals surface area (Å²) in [6, 6.07) is 125. The van der Waals surface area contributed by atoms with E-state index in [9.17, 15) is 58.8 Å². The van der Waals surface area contributed by atoms with Crippen molar-refractivity contribution in [2.75, 3.05) is 41.2 Å². The van der Waals surface area contributed by atoms with Gasteiger partial charge in [0, 0.05) is 61.3 Å². The Bertz CT molecular complexity index is 6130. The number of rotatable bonds is 33. The Morgan fingerprint density at radius 1 is 0.364 bits per heavy atom. The quantitative estimate of drug-likeness (QED) is 0.0169. The molecule has 8 unspecified atom stereocenters. The van der Waals surface area contributed by atoms with Gasteiger partial charge in [0.25, 0.3) is 5.79 Å². The van der Waals surface area contributed by atoms with E-state index in [1.165, 1.54) is 38.9 Å². The van der Waals surface area contributed by atoms with Crippen molar-refractivity contribution < 1.29 is 101 Å². The average Bonchev–Trinajstić information content (AvgIpc) is 0.881. The topological polar surface area (TPSA) is 308 Å². The molecule has 21 nitrogen and oxygen atoms in total. The number of benzene rings is 13. The highest BCUT2D eigenvalue weighted by molar-refractivity contribution is 6.03. The molecule has 4 N–H and O–H groups in total. The smallest absolute Gasteiger partial charge is 0.347 e. The monoisotopic (exact) mass is 1930 g/mol. The predicted octanol–water partition coefficient (Wildman–Crippen LogP) is 24.6. The molecule has 21 heteroatoms. The number of aliphatic hydroxyl groups excluding tert-OH is 3. The summed E-state index contributed by atoms with van der Waals surface area (Å²) in [4.78, 5) is 97.6. The van der Waals surface area contributed by atoms with E-state index in [2.05, 4.69) is 34.6 Å². The maximum absolute atomic E-state index is 12.7. The van der Waals surface area contributed by atoms with E-state index in [1.807, 2.05) is 256 Å². The molecule has 0 bridgehead atoms. The van der Waals surface area contributed by atoms with E-state index in [0.29, 0.717) is 80.7 Å². The molecule has 0 radical (unpaired) electrons. The summed E-state index contributed by atoms with van der Waals surface area (Å²) in [7, 11) is 4.49. The summed E-state index contributed by atoms with van der Waals surface area (Å²) in [5.74, 6) is -2.32. The molecule has 1 saturated carbocycles. The molecule has 143 heavy (non-hydrogen) atoms. The van der Waals surface area contributed by atoms with Crippen molar-refractivity contribution >= 4 is 46.6 Å². The minimum Gasteiger partial charge on any atom is -0.466 e. The molecule has 1 aliphatic carbocycles. The van der Waals surface area contributed by atoms with Crippen molar-refractivity contribution in [3.8, 4) is 0 Å². The molecule has 16 rings (SSSR count). The zero-order valence-corrected chi connectivity index (χ0v) is 82.2. The molecule has 15 aromatic rings. The van der Waals surface area contributed by atoms with Crippen molar-refractivity contribution in [3.05, 3.63) is 515 Å². The SMILES string of the molecule is CC(C)COC(C(=O)c1ccccc1)c1ccccc1.CC1CC(OC(=O)C(O)c2ccccc2)CC(C)(C)C1.CCOC(=O)C(O)(c1ccccc1)c1ccccc1.CCOC(C(=O)c1ccccc1)c1ccccc1.COC(C(=O)c1ccccc1)c1ccccc1.COC(OC)(C(=O)c1ccccc1)c1ccccc1.O=C(c1ccccc1)C(O)c1ccccc1.O=C(c1ccco1)C(O)c1ccco1. The summed E-state index contributed by atoms with van der Waals surface area (Å²) in [5, 5.41) is 40.4. The van der Waals surface area contributed by atoms with Crippen LogP contribution in [0.15, 0.2) is 440 Å². The second-order valence-electron chi connectivity index (χ2n) is 34.3. The van der Waals surface area contributed by atoms with Gasteiger partial charge in [-0.3, -0.25) is 28.8 Å². The third kappa shape index (κ3) is 33.9. The molecule has 0 amide bonds. The lowest BCUT2D eigenvalue weighted by Crippen LogP contribution is -2.39. The van der Waals surface area contributed by atoms with E-state index >= 15 is 0 Å². The number of esters is 2. The van der Waals surface area contributed by atoms with Crippen LogP contribution in [-0.2, 0) is 54.1 Å². The normalized spacial score (nSPS) is 14.0. The molecular weight excluding hydrogens is 1800 g/mol. The van der Waals surface area contributed by atoms with Crippen molar-refractivity contribution in [2.24, 2.45) is 17.3 Å². The number of aliphatic hydroxyl groups is 4. The Hall–Kier alpha value is -15.0. The third-order valence-corrected chi connectivity index (χ3v) is 22.6. The number of ether oxygens (including phenoxy) is 7. The van der Waals surface area contributed by atoms with Gasteiger partial charge in [0.2, 0.25) is 17.2 Å². The molecule has 1 aliphatic rings. The summed E-state index contributed by atoms with van der Waals surface area (Å²) in [5.41, 5.74) is 7.10. The van der Waals surface area contributed by atoms with Gasteiger partial charge in [-0.05, 0) is 114 Å². The third-order valence-electron chi connectivity index (χ3n) is 22.6. The fourth-order valence-electron chi connectivity index (χ4n) is 15.7. The van der Waals surface area contributed by atoms with Crippen LogP contribution in [-0.4, -0.2) is 114 Å². The fourth-order valence-corrected chi connectivity index (χ4v) is 15.7. The zero-order chi connectivity index (χ0) is 103. The number of carbonyl (C=O) groups is 8. The van der Waals surface area contributed by atoms with Crippen molar-refractivity contribution in [1.29, 1.82) is 0 Å². The second-order valence-corrected chi connectivity index (χ2v) is 34.3. The van der Waals surface area contributed by atoms with Crippen molar-refractivity contribution in [3.63, 3.8) is 0 Å². The number of Topliss-reactive ketones (excluding diaryl/α,β-unsaturated/α-hetero) is 6. The molecule has 0 spiro atoms. The maximum atomic E-state index is 12.7. The molecule has 8 atom stereocenters. The van der Waals surface area contributed by atoms with Crippen LogP contribution < -0.4 is 0 Å². The van der Waals surface area contributed by atoms with E-state index in [-0.39, 0.29) is 58.6 Å². The number of carbonyl (C=O) groups excluding carboxylic acids is 8. The first-order valence-electron chi connectivity index (χ1n) is 47.2. The van der Waals surface area contributed by atoms with Crippen LogP contribution in [0.1, 0.15) is 217 Å². The van der Waals surface area contributed by atoms with Gasteiger partial charge in [-0.1, -0.05) is 429 Å². The van der Waals surface area contributed by atoms with Gasteiger partial charge in [0.1, 0.15) is 36.3 Å². The number of hydrogen-bond donors (Lipinski definition) is 4. The molecule has 740 valence electrons.